The molecule has 1 saturated heterocycles. The Bertz CT molecular complexity index is 1260. The van der Waals surface area contributed by atoms with Gasteiger partial charge in [0, 0.05) is 6.54 Å². The van der Waals surface area contributed by atoms with Crippen molar-refractivity contribution in [3.63, 3.8) is 0 Å². The molecule has 0 radical (unpaired) electrons. The van der Waals surface area contributed by atoms with Crippen LogP contribution in [0.25, 0.3) is 6.08 Å². The van der Waals surface area contributed by atoms with Crippen LogP contribution in [0.3, 0.4) is 0 Å². The summed E-state index contributed by atoms with van der Waals surface area (Å²) in [4.78, 5) is 27.2. The molecule has 0 aliphatic carbocycles. The van der Waals surface area contributed by atoms with E-state index in [9.17, 15) is 9.59 Å². The minimum absolute atomic E-state index is 0.235. The highest BCUT2D eigenvalue weighted by Gasteiger charge is 2.34. The van der Waals surface area contributed by atoms with Crippen LogP contribution < -0.4 is 9.47 Å². The molecule has 1 aliphatic rings. The van der Waals surface area contributed by atoms with Crippen molar-refractivity contribution in [1.82, 2.24) is 4.90 Å². The molecule has 36 heavy (non-hydrogen) atoms. The molecule has 1 fully saturated rings. The van der Waals surface area contributed by atoms with Crippen LogP contribution in [0.5, 0.6) is 11.5 Å². The Morgan fingerprint density at radius 2 is 1.72 bits per heavy atom. The second-order valence-corrected chi connectivity index (χ2v) is 10.3. The van der Waals surface area contributed by atoms with Crippen molar-refractivity contribution in [2.45, 2.75) is 33.3 Å². The van der Waals surface area contributed by atoms with Gasteiger partial charge in [-0.15, -0.1) is 0 Å². The maximum Gasteiger partial charge on any atom is 0.293 e. The second-order valence-electron chi connectivity index (χ2n) is 8.46. The Kier molecular flexibility index (Phi) is 8.88. The van der Waals surface area contributed by atoms with Gasteiger partial charge in [0.1, 0.15) is 6.61 Å². The molecule has 3 aromatic carbocycles. The van der Waals surface area contributed by atoms with E-state index in [1.807, 2.05) is 56.3 Å². The Hall–Kier alpha value is -3.03. The van der Waals surface area contributed by atoms with Gasteiger partial charge in [-0.3, -0.25) is 14.5 Å². The zero-order valence-corrected chi connectivity index (χ0v) is 22.7. The van der Waals surface area contributed by atoms with Crippen molar-refractivity contribution in [3.8, 4) is 11.5 Å². The van der Waals surface area contributed by atoms with Crippen molar-refractivity contribution in [3.05, 3.63) is 98.4 Å². The van der Waals surface area contributed by atoms with Crippen LogP contribution in [0, 0.1) is 6.92 Å². The van der Waals surface area contributed by atoms with Crippen molar-refractivity contribution in [1.29, 1.82) is 0 Å². The van der Waals surface area contributed by atoms with Crippen molar-refractivity contribution >= 4 is 44.9 Å². The number of imide groups is 1. The molecule has 0 saturated carbocycles. The van der Waals surface area contributed by atoms with E-state index in [4.69, 9.17) is 9.47 Å². The molecule has 7 heteroatoms. The fourth-order valence-electron chi connectivity index (χ4n) is 3.84. The molecule has 0 N–H and O–H groups in total. The number of thioether (sulfide) groups is 1. The lowest BCUT2D eigenvalue weighted by Gasteiger charge is -2.15. The van der Waals surface area contributed by atoms with Crippen LogP contribution >= 0.6 is 27.7 Å². The zero-order valence-electron chi connectivity index (χ0n) is 20.3. The van der Waals surface area contributed by atoms with Gasteiger partial charge >= 0.3 is 0 Å². The highest BCUT2D eigenvalue weighted by Crippen LogP contribution is 2.39. The van der Waals surface area contributed by atoms with E-state index in [1.54, 1.807) is 6.08 Å². The maximum absolute atomic E-state index is 13.0. The predicted molar refractivity (Wildman–Crippen MR) is 148 cm³/mol. The first-order valence-electron chi connectivity index (χ1n) is 11.9. The lowest BCUT2D eigenvalue weighted by atomic mass is 10.1. The third-order valence-electron chi connectivity index (χ3n) is 5.70. The summed E-state index contributed by atoms with van der Waals surface area (Å²) < 4.78 is 12.6. The molecule has 1 heterocycles. The average molecular weight is 567 g/mol. The first-order valence-corrected chi connectivity index (χ1v) is 13.5. The number of hydrogen-bond acceptors (Lipinski definition) is 5. The van der Waals surface area contributed by atoms with Gasteiger partial charge in [0.05, 0.1) is 16.0 Å². The van der Waals surface area contributed by atoms with E-state index in [0.717, 1.165) is 35.7 Å². The van der Waals surface area contributed by atoms with Gasteiger partial charge in [0.15, 0.2) is 11.5 Å². The van der Waals surface area contributed by atoms with E-state index in [1.165, 1.54) is 16.0 Å². The molecule has 1 aliphatic heterocycles. The third-order valence-corrected chi connectivity index (χ3v) is 7.19. The number of rotatable bonds is 10. The second kappa shape index (κ2) is 12.3. The van der Waals surface area contributed by atoms with Gasteiger partial charge in [0.2, 0.25) is 0 Å². The summed E-state index contributed by atoms with van der Waals surface area (Å²) in [7, 11) is 0. The SMILES string of the molecule is CCOc1cc(/C=C2/SC(=O)N(CCCc3ccccc3)C2=O)cc(Br)c1OCc1ccc(C)cc1. The smallest absolute Gasteiger partial charge is 0.293 e. The van der Waals surface area contributed by atoms with Gasteiger partial charge in [-0.05, 0) is 89.3 Å². The van der Waals surface area contributed by atoms with Crippen molar-refractivity contribution in [2.24, 2.45) is 0 Å². The first-order chi connectivity index (χ1) is 17.4. The third kappa shape index (κ3) is 6.59. The summed E-state index contributed by atoms with van der Waals surface area (Å²) in [5, 5.41) is -0.235. The Balaban J connectivity index is 1.46. The van der Waals surface area contributed by atoms with Gasteiger partial charge in [-0.25, -0.2) is 0 Å². The summed E-state index contributed by atoms with van der Waals surface area (Å²) in [6.07, 6.45) is 3.28. The Morgan fingerprint density at radius 1 is 0.972 bits per heavy atom. The molecule has 0 spiro atoms. The number of carbonyl (C=O) groups is 2. The molecule has 0 aromatic heterocycles. The molecule has 186 valence electrons. The van der Waals surface area contributed by atoms with Gasteiger partial charge in [0.25, 0.3) is 11.1 Å². The summed E-state index contributed by atoms with van der Waals surface area (Å²) in [6.45, 7) is 5.23. The number of carbonyl (C=O) groups excluding carboxylic acids is 2. The highest BCUT2D eigenvalue weighted by atomic mass is 79.9. The lowest BCUT2D eigenvalue weighted by Crippen LogP contribution is -2.29. The number of hydrogen-bond donors (Lipinski definition) is 0. The van der Waals surface area contributed by atoms with E-state index >= 15 is 0 Å². The van der Waals surface area contributed by atoms with E-state index < -0.39 is 0 Å². The van der Waals surface area contributed by atoms with Crippen LogP contribution in [0.15, 0.2) is 76.1 Å². The molecule has 5 nitrogen and oxygen atoms in total. The minimum Gasteiger partial charge on any atom is -0.490 e. The summed E-state index contributed by atoms with van der Waals surface area (Å²) >= 11 is 4.57. The number of benzene rings is 3. The predicted octanol–water partition coefficient (Wildman–Crippen LogP) is 7.40. The molecule has 4 rings (SSSR count). The number of halogens is 1. The largest absolute Gasteiger partial charge is 0.490 e. The molecule has 0 unspecified atom stereocenters. The van der Waals surface area contributed by atoms with E-state index in [0.29, 0.717) is 40.6 Å². The maximum atomic E-state index is 13.0. The summed E-state index contributed by atoms with van der Waals surface area (Å²) in [5.41, 5.74) is 4.20. The Morgan fingerprint density at radius 3 is 2.44 bits per heavy atom. The first kappa shape index (κ1) is 26.0. The van der Waals surface area contributed by atoms with Crippen LogP contribution in [0.2, 0.25) is 0 Å². The standard InChI is InChI=1S/C29H28BrNO4S/c1-3-34-25-17-23(16-24(30)27(25)35-19-22-13-11-20(2)12-14-22)18-26-28(32)31(29(33)36-26)15-7-10-21-8-5-4-6-9-21/h4-6,8-9,11-14,16-18H,3,7,10,15,19H2,1-2H3/b26-18+. The summed E-state index contributed by atoms with van der Waals surface area (Å²) in [6, 6.07) is 21.9. The zero-order chi connectivity index (χ0) is 25.5. The lowest BCUT2D eigenvalue weighted by molar-refractivity contribution is -0.122. The van der Waals surface area contributed by atoms with Crippen molar-refractivity contribution < 1.29 is 19.1 Å². The number of nitrogens with zero attached hydrogens (tertiary/aromatic N) is 1. The molecular formula is C29H28BrNO4S. The fraction of sp³-hybridized carbons (Fsp3) is 0.241. The normalized spacial score (nSPS) is 14.5. The molecule has 3 aromatic rings. The molecule has 0 atom stereocenters. The highest BCUT2D eigenvalue weighted by molar-refractivity contribution is 9.10. The monoisotopic (exact) mass is 565 g/mol. The fourth-order valence-corrected chi connectivity index (χ4v) is 5.28. The minimum atomic E-state index is -0.258. The van der Waals surface area contributed by atoms with Crippen LogP contribution in [-0.4, -0.2) is 29.2 Å². The van der Waals surface area contributed by atoms with Crippen LogP contribution in [-0.2, 0) is 17.8 Å². The number of ether oxygens (including phenoxy) is 2. The average Bonchev–Trinajstić information content (AvgIpc) is 3.13. The number of aryl methyl sites for hydroxylation is 2. The molecular weight excluding hydrogens is 538 g/mol. The number of amides is 2. The Labute approximate surface area is 224 Å². The van der Waals surface area contributed by atoms with Crippen LogP contribution in [0.1, 0.15) is 35.6 Å². The van der Waals surface area contributed by atoms with Gasteiger partial charge in [-0.1, -0.05) is 60.2 Å². The van der Waals surface area contributed by atoms with Gasteiger partial charge in [-0.2, -0.15) is 0 Å². The van der Waals surface area contributed by atoms with Crippen molar-refractivity contribution in [2.75, 3.05) is 13.2 Å². The van der Waals surface area contributed by atoms with E-state index in [2.05, 4.69) is 40.2 Å². The van der Waals surface area contributed by atoms with Crippen LogP contribution in [0.4, 0.5) is 4.79 Å². The molecule has 0 bridgehead atoms. The molecule has 2 amide bonds. The summed E-state index contributed by atoms with van der Waals surface area (Å²) in [5.74, 6) is 0.919. The quantitative estimate of drug-likeness (QED) is 0.239. The topological polar surface area (TPSA) is 55.8 Å². The van der Waals surface area contributed by atoms with E-state index in [-0.39, 0.29) is 11.1 Å². The van der Waals surface area contributed by atoms with Gasteiger partial charge < -0.3 is 9.47 Å².